The highest BCUT2D eigenvalue weighted by atomic mass is 19.1. The molecule has 1 aliphatic heterocycles. The fourth-order valence-electron chi connectivity index (χ4n) is 3.07. The van der Waals surface area contributed by atoms with Crippen LogP contribution in [0.2, 0.25) is 0 Å². The maximum Gasteiger partial charge on any atom is 0.245 e. The van der Waals surface area contributed by atoms with Gasteiger partial charge in [-0.3, -0.25) is 9.78 Å². The summed E-state index contributed by atoms with van der Waals surface area (Å²) in [6.45, 7) is 2.41. The molecule has 3 rings (SSSR count). The van der Waals surface area contributed by atoms with Crippen molar-refractivity contribution in [2.45, 2.75) is 31.8 Å². The number of piperidine rings is 1. The number of nitrogens with zero attached hydrogens (tertiary/aromatic N) is 4. The van der Waals surface area contributed by atoms with E-state index < -0.39 is 6.04 Å². The van der Waals surface area contributed by atoms with Gasteiger partial charge in [-0.25, -0.2) is 9.37 Å². The van der Waals surface area contributed by atoms with Gasteiger partial charge in [0.2, 0.25) is 5.91 Å². The maximum absolute atomic E-state index is 14.0. The molecule has 0 aliphatic carbocycles. The first-order valence-corrected chi connectivity index (χ1v) is 8.13. The van der Waals surface area contributed by atoms with E-state index in [1.807, 2.05) is 13.0 Å². The minimum absolute atomic E-state index is 0.105. The number of hydrogen-bond acceptors (Lipinski definition) is 5. The topological polar surface area (TPSA) is 81.9 Å². The Hall–Kier alpha value is -3.01. The van der Waals surface area contributed by atoms with E-state index in [9.17, 15) is 9.18 Å². The smallest absolute Gasteiger partial charge is 0.245 e. The molecule has 1 amide bonds. The lowest BCUT2D eigenvalue weighted by molar-refractivity contribution is -0.136. The van der Waals surface area contributed by atoms with Gasteiger partial charge in [0, 0.05) is 12.1 Å². The average Bonchev–Trinajstić information content (AvgIpc) is 2.63. The number of hydrogen-bond donors (Lipinski definition) is 1. The maximum atomic E-state index is 14.0. The summed E-state index contributed by atoms with van der Waals surface area (Å²) in [5.74, 6) is -0.0329. The minimum atomic E-state index is -0.466. The number of carbonyl (C=O) groups excluding carboxylic acids is 1. The van der Waals surface area contributed by atoms with Gasteiger partial charge in [0.25, 0.3) is 0 Å². The predicted octanol–water partition coefficient (Wildman–Crippen LogP) is 2.65. The van der Waals surface area contributed by atoms with Crippen LogP contribution in [0, 0.1) is 17.1 Å². The summed E-state index contributed by atoms with van der Waals surface area (Å²) in [7, 11) is 0. The first-order chi connectivity index (χ1) is 12.1. The van der Waals surface area contributed by atoms with Crippen molar-refractivity contribution in [2.24, 2.45) is 0 Å². The fourth-order valence-corrected chi connectivity index (χ4v) is 3.07. The third kappa shape index (κ3) is 3.58. The van der Waals surface area contributed by atoms with Gasteiger partial charge in [-0.05, 0) is 25.8 Å². The Kier molecular flexibility index (Phi) is 4.89. The molecule has 1 N–H and O–H groups in total. The average molecular weight is 339 g/mol. The standard InChI is InChI=1S/C18H18FN5O/c1-12(14-5-2-3-6-15(14)19)24-8-4-7-16(18(24)25)23-17-11-21-10-13(9-20)22-17/h2-3,5-6,10-12,16H,4,7-8H2,1H3,(H,22,23)/t12-,16-/m1/s1. The molecule has 0 radical (unpaired) electrons. The van der Waals surface area contributed by atoms with Crippen LogP contribution in [0.5, 0.6) is 0 Å². The summed E-state index contributed by atoms with van der Waals surface area (Å²) in [5.41, 5.74) is 0.688. The Morgan fingerprint density at radius 2 is 2.20 bits per heavy atom. The Balaban J connectivity index is 1.77. The van der Waals surface area contributed by atoms with E-state index in [0.29, 0.717) is 24.3 Å². The second kappa shape index (κ2) is 7.26. The third-order valence-corrected chi connectivity index (χ3v) is 4.37. The van der Waals surface area contributed by atoms with E-state index >= 15 is 0 Å². The van der Waals surface area contributed by atoms with Gasteiger partial charge in [-0.2, -0.15) is 5.26 Å². The molecule has 0 bridgehead atoms. The number of rotatable bonds is 4. The normalized spacial score (nSPS) is 18.5. The van der Waals surface area contributed by atoms with Crippen molar-refractivity contribution < 1.29 is 9.18 Å². The first-order valence-electron chi connectivity index (χ1n) is 8.13. The highest BCUT2D eigenvalue weighted by Gasteiger charge is 2.33. The number of likely N-dealkylation sites (tertiary alicyclic amines) is 1. The van der Waals surface area contributed by atoms with Crippen LogP contribution in [-0.2, 0) is 4.79 Å². The lowest BCUT2D eigenvalue weighted by Crippen LogP contribution is -2.48. The van der Waals surface area contributed by atoms with Gasteiger partial charge >= 0.3 is 0 Å². The van der Waals surface area contributed by atoms with Crippen molar-refractivity contribution in [2.75, 3.05) is 11.9 Å². The summed E-state index contributed by atoms with van der Waals surface area (Å²) >= 11 is 0. The molecule has 0 spiro atoms. The molecule has 2 aromatic rings. The van der Waals surface area contributed by atoms with Crippen LogP contribution < -0.4 is 5.32 Å². The van der Waals surface area contributed by atoms with Gasteiger partial charge in [-0.1, -0.05) is 18.2 Å². The molecule has 0 unspecified atom stereocenters. The first kappa shape index (κ1) is 16.8. The third-order valence-electron chi connectivity index (χ3n) is 4.37. The highest BCUT2D eigenvalue weighted by molar-refractivity contribution is 5.85. The van der Waals surface area contributed by atoms with Crippen molar-refractivity contribution in [1.29, 1.82) is 5.26 Å². The molecule has 1 aromatic heterocycles. The largest absolute Gasteiger partial charge is 0.357 e. The SMILES string of the molecule is C[C@H](c1ccccc1F)N1CCC[C@@H](Nc2cncc(C#N)n2)C1=O. The van der Waals surface area contributed by atoms with Gasteiger partial charge < -0.3 is 10.2 Å². The van der Waals surface area contributed by atoms with Crippen LogP contribution >= 0.6 is 0 Å². The van der Waals surface area contributed by atoms with Crippen molar-refractivity contribution in [3.8, 4) is 6.07 Å². The number of benzene rings is 1. The fraction of sp³-hybridized carbons (Fsp3) is 0.333. The summed E-state index contributed by atoms with van der Waals surface area (Å²) in [6, 6.07) is 7.60. The summed E-state index contributed by atoms with van der Waals surface area (Å²) in [4.78, 5) is 22.6. The van der Waals surface area contributed by atoms with Gasteiger partial charge in [-0.15, -0.1) is 0 Å². The van der Waals surface area contributed by atoms with Crippen LogP contribution in [0.15, 0.2) is 36.7 Å². The van der Waals surface area contributed by atoms with Crippen molar-refractivity contribution >= 4 is 11.7 Å². The Labute approximate surface area is 145 Å². The van der Waals surface area contributed by atoms with Crippen LogP contribution in [-0.4, -0.2) is 33.4 Å². The monoisotopic (exact) mass is 339 g/mol. The molecule has 6 nitrogen and oxygen atoms in total. The van der Waals surface area contributed by atoms with Crippen LogP contribution in [0.1, 0.15) is 37.1 Å². The molecule has 2 atom stereocenters. The number of anilines is 1. The van der Waals surface area contributed by atoms with E-state index in [-0.39, 0.29) is 23.5 Å². The number of amides is 1. The van der Waals surface area contributed by atoms with Crippen LogP contribution in [0.4, 0.5) is 10.2 Å². The van der Waals surface area contributed by atoms with E-state index in [2.05, 4.69) is 15.3 Å². The molecular formula is C18H18FN5O. The van der Waals surface area contributed by atoms with Crippen LogP contribution in [0.3, 0.4) is 0 Å². The van der Waals surface area contributed by atoms with E-state index in [1.165, 1.54) is 18.5 Å². The van der Waals surface area contributed by atoms with E-state index in [4.69, 9.17) is 5.26 Å². The number of carbonyl (C=O) groups is 1. The number of halogens is 1. The molecule has 0 saturated carbocycles. The molecular weight excluding hydrogens is 321 g/mol. The molecule has 25 heavy (non-hydrogen) atoms. The molecule has 1 fully saturated rings. The van der Waals surface area contributed by atoms with Gasteiger partial charge in [0.05, 0.1) is 18.4 Å². The second-order valence-electron chi connectivity index (χ2n) is 5.97. The quantitative estimate of drug-likeness (QED) is 0.926. The summed E-state index contributed by atoms with van der Waals surface area (Å²) in [6.07, 6.45) is 4.29. The number of nitrogens with one attached hydrogen (secondary N) is 1. The summed E-state index contributed by atoms with van der Waals surface area (Å²) in [5, 5.41) is 11.9. The van der Waals surface area contributed by atoms with Crippen molar-refractivity contribution in [3.63, 3.8) is 0 Å². The van der Waals surface area contributed by atoms with Crippen LogP contribution in [0.25, 0.3) is 0 Å². The lowest BCUT2D eigenvalue weighted by Gasteiger charge is -2.37. The zero-order valence-corrected chi connectivity index (χ0v) is 13.8. The number of aromatic nitrogens is 2. The number of nitriles is 1. The molecule has 7 heteroatoms. The highest BCUT2D eigenvalue weighted by Crippen LogP contribution is 2.27. The zero-order valence-electron chi connectivity index (χ0n) is 13.8. The van der Waals surface area contributed by atoms with Crippen molar-refractivity contribution in [1.82, 2.24) is 14.9 Å². The molecule has 1 saturated heterocycles. The molecule has 128 valence electrons. The molecule has 1 aliphatic rings. The molecule has 1 aromatic carbocycles. The van der Waals surface area contributed by atoms with E-state index in [1.54, 1.807) is 23.1 Å². The Morgan fingerprint density at radius 1 is 1.40 bits per heavy atom. The predicted molar refractivity (Wildman–Crippen MR) is 89.9 cm³/mol. The van der Waals surface area contributed by atoms with Gasteiger partial charge in [0.15, 0.2) is 5.69 Å². The lowest BCUT2D eigenvalue weighted by atomic mass is 9.99. The second-order valence-corrected chi connectivity index (χ2v) is 5.97. The Bertz CT molecular complexity index is 819. The Morgan fingerprint density at radius 3 is 2.96 bits per heavy atom. The van der Waals surface area contributed by atoms with Gasteiger partial charge in [0.1, 0.15) is 23.7 Å². The molecule has 2 heterocycles. The zero-order chi connectivity index (χ0) is 17.8. The van der Waals surface area contributed by atoms with E-state index in [0.717, 1.165) is 6.42 Å². The summed E-state index contributed by atoms with van der Waals surface area (Å²) < 4.78 is 14.0. The minimum Gasteiger partial charge on any atom is -0.357 e. The van der Waals surface area contributed by atoms with Crippen molar-refractivity contribution in [3.05, 3.63) is 53.7 Å².